The SMILES string of the molecule is CCCCCCCCCCCCOc1cc(-c2c(O)cccc2CBr)c(C(C)(C)C)cc1C(C)(C)C.O=P(O)(O)O. The highest BCUT2D eigenvalue weighted by Gasteiger charge is 2.28. The van der Waals surface area contributed by atoms with Crippen LogP contribution in [0.1, 0.15) is 129 Å². The number of halogens is 1. The average Bonchev–Trinajstić information content (AvgIpc) is 2.84. The lowest BCUT2D eigenvalue weighted by Crippen LogP contribution is -2.19. The van der Waals surface area contributed by atoms with Crippen LogP contribution in [-0.2, 0) is 20.7 Å². The molecule has 0 bridgehead atoms. The van der Waals surface area contributed by atoms with Crippen LogP contribution >= 0.6 is 23.8 Å². The van der Waals surface area contributed by atoms with Crippen LogP contribution in [0.4, 0.5) is 0 Å². The van der Waals surface area contributed by atoms with E-state index in [-0.39, 0.29) is 10.8 Å². The van der Waals surface area contributed by atoms with Crippen LogP contribution in [0.3, 0.4) is 0 Å². The maximum absolute atomic E-state index is 10.9. The van der Waals surface area contributed by atoms with E-state index in [0.29, 0.717) is 11.1 Å². The lowest BCUT2D eigenvalue weighted by molar-refractivity contribution is 0.275. The normalized spacial score (nSPS) is 12.2. The van der Waals surface area contributed by atoms with Gasteiger partial charge in [-0.1, -0.05) is 140 Å². The summed E-state index contributed by atoms with van der Waals surface area (Å²) < 4.78 is 15.4. The molecule has 0 aliphatic carbocycles. The van der Waals surface area contributed by atoms with Gasteiger partial charge >= 0.3 is 7.82 Å². The zero-order valence-electron chi connectivity index (χ0n) is 26.3. The molecule has 0 amide bonds. The molecule has 0 aliphatic rings. The summed E-state index contributed by atoms with van der Waals surface area (Å²) in [7, 11) is -4.64. The summed E-state index contributed by atoms with van der Waals surface area (Å²) in [4.78, 5) is 21.6. The number of hydrogen-bond acceptors (Lipinski definition) is 3. The number of benzene rings is 2. The first-order valence-electron chi connectivity index (χ1n) is 15.0. The first-order valence-corrected chi connectivity index (χ1v) is 17.7. The zero-order chi connectivity index (χ0) is 31.3. The Balaban J connectivity index is 0.00000154. The first kappa shape index (κ1) is 37.7. The van der Waals surface area contributed by atoms with Gasteiger partial charge in [-0.05, 0) is 51.6 Å². The Morgan fingerprint density at radius 2 is 1.27 bits per heavy atom. The second-order valence-electron chi connectivity index (χ2n) is 12.9. The van der Waals surface area contributed by atoms with Crippen molar-refractivity contribution in [2.45, 2.75) is 129 Å². The van der Waals surface area contributed by atoms with Crippen molar-refractivity contribution < 1.29 is 29.1 Å². The van der Waals surface area contributed by atoms with Gasteiger partial charge in [-0.2, -0.15) is 0 Å². The molecule has 0 spiro atoms. The van der Waals surface area contributed by atoms with Crippen LogP contribution in [0.25, 0.3) is 11.1 Å². The second-order valence-corrected chi connectivity index (χ2v) is 14.5. The summed E-state index contributed by atoms with van der Waals surface area (Å²) in [6.45, 7) is 16.5. The fraction of sp³-hybridized carbons (Fsp3) is 0.636. The van der Waals surface area contributed by atoms with Crippen molar-refractivity contribution in [2.75, 3.05) is 6.61 Å². The third kappa shape index (κ3) is 14.6. The number of unbranched alkanes of at least 4 members (excludes halogenated alkanes) is 9. The fourth-order valence-corrected chi connectivity index (χ4v) is 5.36. The Morgan fingerprint density at radius 1 is 0.780 bits per heavy atom. The van der Waals surface area contributed by atoms with Crippen molar-refractivity contribution in [1.29, 1.82) is 0 Å². The lowest BCUT2D eigenvalue weighted by Gasteiger charge is -2.30. The van der Waals surface area contributed by atoms with Crippen molar-refractivity contribution in [2.24, 2.45) is 0 Å². The summed E-state index contributed by atoms with van der Waals surface area (Å²) in [6, 6.07) is 10.3. The van der Waals surface area contributed by atoms with Gasteiger partial charge in [0.1, 0.15) is 11.5 Å². The van der Waals surface area contributed by atoms with Crippen molar-refractivity contribution in [3.8, 4) is 22.6 Å². The van der Waals surface area contributed by atoms with E-state index in [2.05, 4.69) is 82.6 Å². The minimum absolute atomic E-state index is 0.0391. The summed E-state index contributed by atoms with van der Waals surface area (Å²) >= 11 is 3.63. The van der Waals surface area contributed by atoms with Crippen LogP contribution in [0.5, 0.6) is 11.5 Å². The number of phenolic OH excluding ortho intramolecular Hbond substituents is 1. The van der Waals surface area contributed by atoms with Crippen LogP contribution in [0, 0.1) is 0 Å². The molecular weight excluding hydrogens is 603 g/mol. The molecule has 0 atom stereocenters. The molecule has 0 fully saturated rings. The largest absolute Gasteiger partial charge is 0.507 e. The lowest BCUT2D eigenvalue weighted by atomic mass is 9.76. The predicted molar refractivity (Wildman–Crippen MR) is 175 cm³/mol. The summed E-state index contributed by atoms with van der Waals surface area (Å²) in [5.41, 5.74) is 5.43. The monoisotopic (exact) mass is 656 g/mol. The van der Waals surface area contributed by atoms with E-state index in [0.717, 1.165) is 35.5 Å². The molecule has 0 heterocycles. The smallest absolute Gasteiger partial charge is 0.466 e. The van der Waals surface area contributed by atoms with Crippen LogP contribution in [0.15, 0.2) is 30.3 Å². The van der Waals surface area contributed by atoms with Crippen molar-refractivity contribution in [3.63, 3.8) is 0 Å². The Kier molecular flexibility index (Phi) is 16.2. The number of hydrogen-bond donors (Lipinski definition) is 4. The van der Waals surface area contributed by atoms with Gasteiger partial charge in [-0.25, -0.2) is 4.57 Å². The molecule has 8 heteroatoms. The number of phenols is 1. The number of aromatic hydroxyl groups is 1. The number of rotatable bonds is 14. The molecule has 2 aromatic carbocycles. The summed E-state index contributed by atoms with van der Waals surface area (Å²) in [5, 5.41) is 11.6. The highest BCUT2D eigenvalue weighted by atomic mass is 79.9. The third-order valence-corrected chi connectivity index (χ3v) is 7.64. The molecule has 4 N–H and O–H groups in total. The van der Waals surface area contributed by atoms with E-state index >= 15 is 0 Å². The van der Waals surface area contributed by atoms with E-state index in [4.69, 9.17) is 24.0 Å². The minimum Gasteiger partial charge on any atom is -0.507 e. The molecule has 0 saturated heterocycles. The molecule has 0 radical (unpaired) electrons. The predicted octanol–water partition coefficient (Wildman–Crippen LogP) is 9.92. The van der Waals surface area contributed by atoms with Crippen molar-refractivity contribution >= 4 is 23.8 Å². The number of ether oxygens (including phenoxy) is 1. The zero-order valence-corrected chi connectivity index (χ0v) is 28.8. The Hall–Kier alpha value is -1.37. The average molecular weight is 658 g/mol. The highest BCUT2D eigenvalue weighted by molar-refractivity contribution is 9.08. The Labute approximate surface area is 257 Å². The maximum Gasteiger partial charge on any atom is 0.466 e. The Morgan fingerprint density at radius 3 is 1.73 bits per heavy atom. The van der Waals surface area contributed by atoms with Gasteiger partial charge in [0.05, 0.1) is 6.61 Å². The van der Waals surface area contributed by atoms with Gasteiger partial charge in [-0.15, -0.1) is 0 Å². The van der Waals surface area contributed by atoms with Gasteiger partial charge in [0.2, 0.25) is 0 Å². The van der Waals surface area contributed by atoms with Gasteiger partial charge in [-0.3, -0.25) is 0 Å². The summed E-state index contributed by atoms with van der Waals surface area (Å²) in [6.07, 6.45) is 13.2. The topological polar surface area (TPSA) is 107 Å². The summed E-state index contributed by atoms with van der Waals surface area (Å²) in [5.74, 6) is 1.27. The second kappa shape index (κ2) is 17.7. The van der Waals surface area contributed by atoms with Crippen molar-refractivity contribution in [3.05, 3.63) is 47.0 Å². The van der Waals surface area contributed by atoms with Gasteiger partial charge < -0.3 is 24.5 Å². The molecule has 6 nitrogen and oxygen atoms in total. The molecule has 0 saturated carbocycles. The standard InChI is InChI=1S/C33H51BrO2.H3O4P/c1-8-9-10-11-12-13-14-15-16-17-21-36-30-22-26(31-25(24-34)19-18-20-29(31)35)27(32(2,3)4)23-28(30)33(5,6)7;1-5(2,3)4/h18-20,22-23,35H,8-17,21,24H2,1-7H3;(H3,1,2,3,4). The highest BCUT2D eigenvalue weighted by Crippen LogP contribution is 2.45. The number of alkyl halides is 1. The quantitative estimate of drug-likeness (QED) is 0.0915. The van der Waals surface area contributed by atoms with E-state index in [1.807, 2.05) is 6.07 Å². The van der Waals surface area contributed by atoms with Crippen molar-refractivity contribution in [1.82, 2.24) is 0 Å². The van der Waals surface area contributed by atoms with E-state index < -0.39 is 7.82 Å². The van der Waals surface area contributed by atoms with Crippen LogP contribution in [0.2, 0.25) is 0 Å². The molecule has 2 aromatic rings. The van der Waals surface area contributed by atoms with E-state index in [1.165, 1.54) is 68.9 Å². The van der Waals surface area contributed by atoms with Gasteiger partial charge in [0, 0.05) is 10.9 Å². The molecule has 41 heavy (non-hydrogen) atoms. The molecule has 0 aromatic heterocycles. The minimum atomic E-state index is -4.64. The van der Waals surface area contributed by atoms with Gasteiger partial charge in [0.25, 0.3) is 0 Å². The molecule has 0 aliphatic heterocycles. The maximum atomic E-state index is 10.9. The molecule has 2 rings (SSSR count). The van der Waals surface area contributed by atoms with Crippen LogP contribution in [-0.4, -0.2) is 26.4 Å². The van der Waals surface area contributed by atoms with E-state index in [1.54, 1.807) is 6.07 Å². The Bertz CT molecular complexity index is 1090. The molecule has 234 valence electrons. The first-order chi connectivity index (χ1) is 19.0. The van der Waals surface area contributed by atoms with E-state index in [9.17, 15) is 5.11 Å². The number of phosphoric acid groups is 1. The van der Waals surface area contributed by atoms with Gasteiger partial charge in [0.15, 0.2) is 0 Å². The third-order valence-electron chi connectivity index (χ3n) is 7.03. The van der Waals surface area contributed by atoms with Crippen LogP contribution < -0.4 is 4.74 Å². The fourth-order valence-electron chi connectivity index (χ4n) is 4.89. The molecular formula is C33H54BrO6P. The molecule has 0 unspecified atom stereocenters.